The molecule has 4 amide bonds. The van der Waals surface area contributed by atoms with Gasteiger partial charge in [0.15, 0.2) is 0 Å². The van der Waals surface area contributed by atoms with E-state index >= 15 is 0 Å². The molecule has 0 aromatic carbocycles. The van der Waals surface area contributed by atoms with Crippen LogP contribution < -0.4 is 10.6 Å². The maximum atomic E-state index is 12.6. The summed E-state index contributed by atoms with van der Waals surface area (Å²) in [4.78, 5) is 56.5. The lowest BCUT2D eigenvalue weighted by atomic mass is 9.99. The number of fused-ring (bicyclic) bond motifs is 3. The molecule has 12 nitrogen and oxygen atoms in total. The van der Waals surface area contributed by atoms with Gasteiger partial charge in [-0.15, -0.1) is 12.4 Å². The normalized spacial score (nSPS) is 29.7. The molecule has 6 saturated heterocycles. The van der Waals surface area contributed by atoms with Crippen LogP contribution in [0.5, 0.6) is 0 Å². The third-order valence-electron chi connectivity index (χ3n) is 12.3. The maximum absolute atomic E-state index is 12.6. The first-order valence-electron chi connectivity index (χ1n) is 21.0. The number of hydrogen-bond acceptors (Lipinski definition) is 8. The second-order valence-electron chi connectivity index (χ2n) is 19.0. The Morgan fingerprint density at radius 1 is 0.509 bits per heavy atom. The van der Waals surface area contributed by atoms with Crippen molar-refractivity contribution in [1.82, 2.24) is 30.2 Å². The van der Waals surface area contributed by atoms with Gasteiger partial charge in [-0.05, 0) is 117 Å². The molecule has 0 spiro atoms. The van der Waals surface area contributed by atoms with Crippen molar-refractivity contribution in [2.45, 2.75) is 104 Å². The average molecular weight is 790 g/mol. The maximum Gasteiger partial charge on any atom is 0.410 e. The minimum Gasteiger partial charge on any atom is -0.444 e. The van der Waals surface area contributed by atoms with Crippen molar-refractivity contribution in [3.63, 3.8) is 0 Å². The highest BCUT2D eigenvalue weighted by molar-refractivity contribution is 5.94. The summed E-state index contributed by atoms with van der Waals surface area (Å²) in [5.74, 6) is 4.06. The highest BCUT2D eigenvalue weighted by Gasteiger charge is 2.45. The fourth-order valence-corrected chi connectivity index (χ4v) is 9.46. The number of nitrogens with one attached hydrogen (secondary N) is 2. The number of ether oxygens (including phenoxy) is 2. The summed E-state index contributed by atoms with van der Waals surface area (Å²) in [6.07, 6.45) is 12.8. The number of carbonyl (C=O) groups is 4. The Bertz CT molecular complexity index is 1400. The summed E-state index contributed by atoms with van der Waals surface area (Å²) in [6, 6.07) is 0. The molecule has 2 aliphatic carbocycles. The third kappa shape index (κ3) is 11.6. The topological polar surface area (TPSA) is 124 Å². The Labute approximate surface area is 335 Å². The van der Waals surface area contributed by atoms with Crippen LogP contribution in [0.15, 0.2) is 23.3 Å². The predicted molar refractivity (Wildman–Crippen MR) is 216 cm³/mol. The number of carbonyl (C=O) groups excluding carboxylic acids is 4. The molecular weight excluding hydrogens is 720 g/mol. The quantitative estimate of drug-likeness (QED) is 0.378. The number of allylic oxidation sites excluding steroid dienone is 2. The lowest BCUT2D eigenvalue weighted by Gasteiger charge is -2.26. The van der Waals surface area contributed by atoms with E-state index < -0.39 is 5.60 Å². The molecule has 13 heteroatoms. The number of hydrogen-bond donors (Lipinski definition) is 2. The standard InChI is InChI=1S/C18H28N2O3.C13H20N2O.C11H20N2O2.ClH/c1-18(2,3)23-17(22)20-11-14-9-19(10-15(14)12-20)16(21)13-7-5-4-6-8-13;16-13(10-4-2-1-3-5-10)15-8-11-6-14-7-12(11)9-15;1-11(2,3)15-10(14)13-6-8-4-12-5-9(8)7-13;/h7,14-15H,4-6,8-12H2,1-3H3;4,11-12,14H,1-3,5-9H2;8-9,12H,4-7H2,1-3H3;1H/t14-,15+;11-,12+;8-,9+;. The van der Waals surface area contributed by atoms with Crippen molar-refractivity contribution in [1.29, 1.82) is 0 Å². The fraction of sp³-hybridized carbons (Fsp3) is 0.810. The SMILES string of the molecule is CC(C)(C)OC(=O)N1C[C@@H]2CN(C(=O)C3=CCCCC3)C[C@@H]2C1.CC(C)(C)OC(=O)N1C[C@H]2CNC[C@H]2C1.Cl.O=C(C1=CCCCC1)N1C[C@H]2CNC[C@H]2C1. The van der Waals surface area contributed by atoms with Crippen LogP contribution in [0.3, 0.4) is 0 Å². The van der Waals surface area contributed by atoms with Gasteiger partial charge in [0, 0.05) is 102 Å². The van der Waals surface area contributed by atoms with Crippen LogP contribution in [0, 0.1) is 35.5 Å². The summed E-state index contributed by atoms with van der Waals surface area (Å²) in [5, 5.41) is 6.76. The van der Waals surface area contributed by atoms with Gasteiger partial charge in [0.25, 0.3) is 0 Å². The lowest BCUT2D eigenvalue weighted by molar-refractivity contribution is -0.127. The first kappa shape index (κ1) is 43.3. The second kappa shape index (κ2) is 18.6. The Kier molecular flexibility index (Phi) is 14.7. The van der Waals surface area contributed by atoms with Gasteiger partial charge in [-0.1, -0.05) is 12.2 Å². The largest absolute Gasteiger partial charge is 0.444 e. The van der Waals surface area contributed by atoms with E-state index in [1.54, 1.807) is 0 Å². The fourth-order valence-electron chi connectivity index (χ4n) is 9.46. The number of amides is 4. The van der Waals surface area contributed by atoms with Crippen LogP contribution >= 0.6 is 12.4 Å². The predicted octanol–water partition coefficient (Wildman–Crippen LogP) is 5.47. The summed E-state index contributed by atoms with van der Waals surface area (Å²) >= 11 is 0. The molecule has 55 heavy (non-hydrogen) atoms. The monoisotopic (exact) mass is 788 g/mol. The molecule has 0 saturated carbocycles. The summed E-state index contributed by atoms with van der Waals surface area (Å²) in [7, 11) is 0. The lowest BCUT2D eigenvalue weighted by Crippen LogP contribution is -2.39. The minimum absolute atomic E-state index is 0. The van der Waals surface area contributed by atoms with E-state index in [9.17, 15) is 19.2 Å². The Hall–Kier alpha value is -2.83. The first-order valence-corrected chi connectivity index (χ1v) is 21.0. The van der Waals surface area contributed by atoms with Gasteiger partial charge in [-0.2, -0.15) is 0 Å². The van der Waals surface area contributed by atoms with Gasteiger partial charge in [0.1, 0.15) is 11.2 Å². The zero-order valence-electron chi connectivity index (χ0n) is 34.4. The van der Waals surface area contributed by atoms with Gasteiger partial charge in [0.05, 0.1) is 0 Å². The third-order valence-corrected chi connectivity index (χ3v) is 12.3. The van der Waals surface area contributed by atoms with Crippen LogP contribution in [0.4, 0.5) is 9.59 Å². The zero-order valence-corrected chi connectivity index (χ0v) is 35.2. The highest BCUT2D eigenvalue weighted by Crippen LogP contribution is 2.34. The molecule has 2 N–H and O–H groups in total. The molecule has 0 unspecified atom stereocenters. The van der Waals surface area contributed by atoms with Crippen LogP contribution in [0.1, 0.15) is 92.9 Å². The van der Waals surface area contributed by atoms with Gasteiger partial charge in [-0.3, -0.25) is 9.59 Å². The average Bonchev–Trinajstić information content (AvgIpc) is 3.95. The molecule has 6 fully saturated rings. The molecule has 8 rings (SSSR count). The molecule has 0 bridgehead atoms. The molecule has 6 heterocycles. The summed E-state index contributed by atoms with van der Waals surface area (Å²) < 4.78 is 10.8. The molecule has 0 aromatic heterocycles. The van der Waals surface area contributed by atoms with E-state index in [4.69, 9.17) is 9.47 Å². The van der Waals surface area contributed by atoms with Crippen LogP contribution in [0.25, 0.3) is 0 Å². The van der Waals surface area contributed by atoms with Crippen molar-refractivity contribution >= 4 is 36.4 Å². The molecule has 310 valence electrons. The molecule has 6 atom stereocenters. The summed E-state index contributed by atoms with van der Waals surface area (Å²) in [5.41, 5.74) is 1.25. The van der Waals surface area contributed by atoms with Gasteiger partial charge in [-0.25, -0.2) is 9.59 Å². The molecule has 0 radical (unpaired) electrons. The Morgan fingerprint density at radius 3 is 1.13 bits per heavy atom. The van der Waals surface area contributed by atoms with E-state index in [1.165, 1.54) is 19.3 Å². The Morgan fingerprint density at radius 2 is 0.818 bits per heavy atom. The molecule has 6 aliphatic heterocycles. The van der Waals surface area contributed by atoms with E-state index in [0.717, 1.165) is 109 Å². The van der Waals surface area contributed by atoms with Gasteiger partial charge >= 0.3 is 12.2 Å². The zero-order chi connectivity index (χ0) is 38.6. The van der Waals surface area contributed by atoms with Gasteiger partial charge in [0.2, 0.25) is 11.8 Å². The number of halogens is 1. The van der Waals surface area contributed by atoms with Crippen molar-refractivity contribution in [3.8, 4) is 0 Å². The molecule has 0 aromatic rings. The van der Waals surface area contributed by atoms with Crippen LogP contribution in [-0.4, -0.2) is 133 Å². The minimum atomic E-state index is -0.454. The smallest absolute Gasteiger partial charge is 0.410 e. The molecule has 8 aliphatic rings. The van der Waals surface area contributed by atoms with E-state index in [-0.39, 0.29) is 36.1 Å². The first-order chi connectivity index (χ1) is 25.6. The molecular formula is C42H69ClN6O6. The van der Waals surface area contributed by atoms with Crippen molar-refractivity contribution < 1.29 is 28.7 Å². The van der Waals surface area contributed by atoms with Crippen molar-refractivity contribution in [2.75, 3.05) is 78.5 Å². The number of nitrogens with zero attached hydrogens (tertiary/aromatic N) is 4. The van der Waals surface area contributed by atoms with E-state index in [0.29, 0.717) is 54.5 Å². The highest BCUT2D eigenvalue weighted by atomic mass is 35.5. The van der Waals surface area contributed by atoms with E-state index in [2.05, 4.69) is 27.7 Å². The second-order valence-corrected chi connectivity index (χ2v) is 19.0. The number of rotatable bonds is 2. The van der Waals surface area contributed by atoms with Crippen LogP contribution in [0.2, 0.25) is 0 Å². The van der Waals surface area contributed by atoms with Gasteiger partial charge < -0.3 is 39.7 Å². The van der Waals surface area contributed by atoms with Crippen molar-refractivity contribution in [3.05, 3.63) is 23.3 Å². The number of likely N-dealkylation sites (tertiary alicyclic amines) is 4. The van der Waals surface area contributed by atoms with Crippen molar-refractivity contribution in [2.24, 2.45) is 35.5 Å². The van der Waals surface area contributed by atoms with Crippen LogP contribution in [-0.2, 0) is 19.1 Å². The summed E-state index contributed by atoms with van der Waals surface area (Å²) in [6.45, 7) is 22.3. The Balaban J connectivity index is 0.000000162. The van der Waals surface area contributed by atoms with E-state index in [1.807, 2.05) is 56.2 Å².